The van der Waals surface area contributed by atoms with Crippen LogP contribution in [0.5, 0.6) is 11.5 Å². The molecule has 0 unspecified atom stereocenters. The Balaban J connectivity index is 1.19. The summed E-state index contributed by atoms with van der Waals surface area (Å²) < 4.78 is 5.82. The van der Waals surface area contributed by atoms with Crippen LogP contribution in [-0.4, -0.2) is 15.1 Å². The molecule has 156 valence electrons. The SMILES string of the molecule is S=C(Nc1ccc(Oc2ccccc2)cc1)Nc1ccc(-c2nc3ccccc3[nH]2)cc1. The first-order valence-corrected chi connectivity index (χ1v) is 10.6. The molecule has 1 aromatic heterocycles. The van der Waals surface area contributed by atoms with Crippen LogP contribution in [-0.2, 0) is 0 Å². The van der Waals surface area contributed by atoms with Gasteiger partial charge in [-0.1, -0.05) is 30.3 Å². The average molecular weight is 437 g/mol. The Morgan fingerprint density at radius 2 is 1.28 bits per heavy atom. The minimum absolute atomic E-state index is 0.512. The molecule has 4 aromatic carbocycles. The molecule has 0 saturated carbocycles. The highest BCUT2D eigenvalue weighted by Crippen LogP contribution is 2.24. The minimum Gasteiger partial charge on any atom is -0.457 e. The average Bonchev–Trinajstić information content (AvgIpc) is 3.26. The molecule has 0 spiro atoms. The number of para-hydroxylation sites is 3. The Hall–Kier alpha value is -4.16. The molecular formula is C26H20N4OS. The normalized spacial score (nSPS) is 10.6. The summed E-state index contributed by atoms with van der Waals surface area (Å²) in [6.07, 6.45) is 0. The van der Waals surface area contributed by atoms with E-state index < -0.39 is 0 Å². The molecule has 3 N–H and O–H groups in total. The van der Waals surface area contributed by atoms with Crippen molar-refractivity contribution in [2.24, 2.45) is 0 Å². The van der Waals surface area contributed by atoms with E-state index in [0.29, 0.717) is 5.11 Å². The fourth-order valence-electron chi connectivity index (χ4n) is 3.33. The number of thiocarbonyl (C=S) groups is 1. The van der Waals surface area contributed by atoms with E-state index in [4.69, 9.17) is 17.0 Å². The maximum Gasteiger partial charge on any atom is 0.175 e. The number of aromatic nitrogens is 2. The van der Waals surface area contributed by atoms with Crippen molar-refractivity contribution < 1.29 is 4.74 Å². The third kappa shape index (κ3) is 4.61. The van der Waals surface area contributed by atoms with E-state index >= 15 is 0 Å². The first-order chi connectivity index (χ1) is 15.7. The molecule has 0 radical (unpaired) electrons. The van der Waals surface area contributed by atoms with E-state index in [1.54, 1.807) is 0 Å². The van der Waals surface area contributed by atoms with Crippen LogP contribution >= 0.6 is 12.2 Å². The van der Waals surface area contributed by atoms with Gasteiger partial charge in [0.2, 0.25) is 0 Å². The number of imidazole rings is 1. The molecule has 0 aliphatic rings. The highest BCUT2D eigenvalue weighted by Gasteiger charge is 2.06. The molecule has 5 nitrogen and oxygen atoms in total. The Bertz CT molecular complexity index is 1310. The highest BCUT2D eigenvalue weighted by molar-refractivity contribution is 7.80. The predicted octanol–water partition coefficient (Wildman–Crippen LogP) is 6.83. The summed E-state index contributed by atoms with van der Waals surface area (Å²) in [6, 6.07) is 33.3. The van der Waals surface area contributed by atoms with E-state index in [0.717, 1.165) is 45.3 Å². The van der Waals surface area contributed by atoms with E-state index in [-0.39, 0.29) is 0 Å². The van der Waals surface area contributed by atoms with E-state index in [1.165, 1.54) is 0 Å². The van der Waals surface area contributed by atoms with Crippen LogP contribution in [0.3, 0.4) is 0 Å². The first kappa shape index (κ1) is 19.8. The van der Waals surface area contributed by atoms with Gasteiger partial charge in [0.05, 0.1) is 11.0 Å². The second-order valence-corrected chi connectivity index (χ2v) is 7.61. The lowest BCUT2D eigenvalue weighted by molar-refractivity contribution is 0.483. The monoisotopic (exact) mass is 436 g/mol. The lowest BCUT2D eigenvalue weighted by atomic mass is 10.2. The summed E-state index contributed by atoms with van der Waals surface area (Å²) in [4.78, 5) is 7.98. The molecule has 32 heavy (non-hydrogen) atoms. The molecule has 5 rings (SSSR count). The summed E-state index contributed by atoms with van der Waals surface area (Å²) in [5.41, 5.74) is 4.76. The van der Waals surface area contributed by atoms with Crippen molar-refractivity contribution in [2.45, 2.75) is 0 Å². The number of ether oxygens (including phenoxy) is 1. The number of aromatic amines is 1. The van der Waals surface area contributed by atoms with Gasteiger partial charge in [-0.15, -0.1) is 0 Å². The number of fused-ring (bicyclic) bond motifs is 1. The largest absolute Gasteiger partial charge is 0.457 e. The van der Waals surface area contributed by atoms with Gasteiger partial charge >= 0.3 is 0 Å². The molecule has 0 amide bonds. The van der Waals surface area contributed by atoms with Crippen LogP contribution in [0.25, 0.3) is 22.4 Å². The fourth-order valence-corrected chi connectivity index (χ4v) is 3.56. The molecule has 0 atom stereocenters. The molecule has 6 heteroatoms. The number of hydrogen-bond acceptors (Lipinski definition) is 3. The third-order valence-electron chi connectivity index (χ3n) is 4.90. The lowest BCUT2D eigenvalue weighted by Gasteiger charge is -2.12. The number of anilines is 2. The van der Waals surface area contributed by atoms with E-state index in [2.05, 4.69) is 20.6 Å². The summed E-state index contributed by atoms with van der Waals surface area (Å²) >= 11 is 5.45. The molecule has 0 fully saturated rings. The number of rotatable bonds is 5. The van der Waals surface area contributed by atoms with Crippen LogP contribution in [0.1, 0.15) is 0 Å². The smallest absolute Gasteiger partial charge is 0.175 e. The number of H-pyrrole nitrogens is 1. The maximum atomic E-state index is 5.82. The molecule has 0 aliphatic carbocycles. The van der Waals surface area contributed by atoms with Crippen LogP contribution in [0.2, 0.25) is 0 Å². The molecular weight excluding hydrogens is 416 g/mol. The van der Waals surface area contributed by atoms with Crippen molar-refractivity contribution in [1.82, 2.24) is 9.97 Å². The first-order valence-electron chi connectivity index (χ1n) is 10.2. The van der Waals surface area contributed by atoms with Crippen molar-refractivity contribution in [2.75, 3.05) is 10.6 Å². The lowest BCUT2D eigenvalue weighted by Crippen LogP contribution is -2.18. The zero-order chi connectivity index (χ0) is 21.8. The Morgan fingerprint density at radius 1 is 0.688 bits per heavy atom. The Labute approximate surface area is 191 Å². The molecule has 0 aliphatic heterocycles. The van der Waals surface area contributed by atoms with Gasteiger partial charge in [-0.05, 0) is 85.0 Å². The molecule has 5 aromatic rings. The van der Waals surface area contributed by atoms with Crippen LogP contribution in [0, 0.1) is 0 Å². The summed E-state index contributed by atoms with van der Waals surface area (Å²) in [7, 11) is 0. The molecule has 0 bridgehead atoms. The Morgan fingerprint density at radius 3 is 1.97 bits per heavy atom. The van der Waals surface area contributed by atoms with Crippen LogP contribution < -0.4 is 15.4 Å². The second kappa shape index (κ2) is 8.91. The maximum absolute atomic E-state index is 5.82. The van der Waals surface area contributed by atoms with Crippen molar-refractivity contribution in [3.63, 3.8) is 0 Å². The van der Waals surface area contributed by atoms with Gasteiger partial charge in [0, 0.05) is 16.9 Å². The van der Waals surface area contributed by atoms with E-state index in [9.17, 15) is 0 Å². The van der Waals surface area contributed by atoms with Crippen molar-refractivity contribution in [1.29, 1.82) is 0 Å². The predicted molar refractivity (Wildman–Crippen MR) is 134 cm³/mol. The fraction of sp³-hybridized carbons (Fsp3) is 0. The molecule has 0 saturated heterocycles. The van der Waals surface area contributed by atoms with Gasteiger partial charge < -0.3 is 20.4 Å². The number of hydrogen-bond donors (Lipinski definition) is 3. The van der Waals surface area contributed by atoms with Crippen molar-refractivity contribution in [3.05, 3.63) is 103 Å². The minimum atomic E-state index is 0.512. The van der Waals surface area contributed by atoms with E-state index in [1.807, 2.05) is 103 Å². The van der Waals surface area contributed by atoms with Gasteiger partial charge in [-0.25, -0.2) is 4.98 Å². The summed E-state index contributed by atoms with van der Waals surface area (Å²) in [5.74, 6) is 2.41. The Kier molecular flexibility index (Phi) is 5.51. The number of nitrogens with one attached hydrogen (secondary N) is 3. The van der Waals surface area contributed by atoms with Gasteiger partial charge in [-0.3, -0.25) is 0 Å². The molecule has 1 heterocycles. The standard InChI is InChI=1S/C26H20N4OS/c32-26(28-20-14-16-22(17-15-20)31-21-6-2-1-3-7-21)27-19-12-10-18(11-13-19)25-29-23-8-4-5-9-24(23)30-25/h1-17H,(H,29,30)(H2,27,28,32). The number of nitrogens with zero attached hydrogens (tertiary/aromatic N) is 1. The quantitative estimate of drug-likeness (QED) is 0.264. The number of benzene rings is 4. The van der Waals surface area contributed by atoms with Crippen LogP contribution in [0.4, 0.5) is 11.4 Å². The van der Waals surface area contributed by atoms with Gasteiger partial charge in [0.1, 0.15) is 17.3 Å². The zero-order valence-electron chi connectivity index (χ0n) is 17.1. The van der Waals surface area contributed by atoms with Gasteiger partial charge in [0.25, 0.3) is 0 Å². The van der Waals surface area contributed by atoms with Crippen LogP contribution in [0.15, 0.2) is 103 Å². The van der Waals surface area contributed by atoms with Gasteiger partial charge in [-0.2, -0.15) is 0 Å². The van der Waals surface area contributed by atoms with Crippen molar-refractivity contribution >= 4 is 39.7 Å². The zero-order valence-corrected chi connectivity index (χ0v) is 17.9. The summed E-state index contributed by atoms with van der Waals surface area (Å²) in [5, 5.41) is 6.91. The highest BCUT2D eigenvalue weighted by atomic mass is 32.1. The summed E-state index contributed by atoms with van der Waals surface area (Å²) in [6.45, 7) is 0. The van der Waals surface area contributed by atoms with Gasteiger partial charge in [0.15, 0.2) is 5.11 Å². The topological polar surface area (TPSA) is 62.0 Å². The third-order valence-corrected chi connectivity index (χ3v) is 5.10. The van der Waals surface area contributed by atoms with Crippen molar-refractivity contribution in [3.8, 4) is 22.9 Å². The second-order valence-electron chi connectivity index (χ2n) is 7.20.